The molecule has 3 amide bonds. The van der Waals surface area contributed by atoms with Gasteiger partial charge in [-0.2, -0.15) is 0 Å². The lowest BCUT2D eigenvalue weighted by Crippen LogP contribution is -2.36. The number of benzene rings is 2. The molecule has 0 saturated carbocycles. The van der Waals surface area contributed by atoms with Crippen molar-refractivity contribution >= 4 is 52.2 Å². The molecular weight excluding hydrogens is 412 g/mol. The minimum atomic E-state index is -0.503. The Labute approximate surface area is 177 Å². The summed E-state index contributed by atoms with van der Waals surface area (Å²) in [7, 11) is 0. The van der Waals surface area contributed by atoms with Gasteiger partial charge in [-0.3, -0.25) is 19.3 Å². The third kappa shape index (κ3) is 5.40. The largest absolute Gasteiger partial charge is 0.493 e. The first-order valence-corrected chi connectivity index (χ1v) is 10.2. The third-order valence-electron chi connectivity index (χ3n) is 3.97. The molecule has 1 saturated heterocycles. The lowest BCUT2D eigenvalue weighted by Gasteiger charge is -2.12. The van der Waals surface area contributed by atoms with Gasteiger partial charge in [-0.15, -0.1) is 0 Å². The van der Waals surface area contributed by atoms with Crippen molar-refractivity contribution in [2.75, 3.05) is 18.5 Å². The Bertz CT molecular complexity index is 959. The molecule has 1 fully saturated rings. The lowest BCUT2D eigenvalue weighted by molar-refractivity contribution is -0.127. The predicted molar refractivity (Wildman–Crippen MR) is 115 cm³/mol. The molecule has 3 rings (SSSR count). The average molecular weight is 431 g/mol. The number of hydrogen-bond acceptors (Lipinski definition) is 5. The van der Waals surface area contributed by atoms with E-state index in [0.717, 1.165) is 23.1 Å². The van der Waals surface area contributed by atoms with E-state index in [2.05, 4.69) is 5.32 Å². The summed E-state index contributed by atoms with van der Waals surface area (Å²) in [5.74, 6) is -0.333. The number of halogens is 1. The van der Waals surface area contributed by atoms with E-state index in [9.17, 15) is 14.4 Å². The highest BCUT2D eigenvalue weighted by Gasteiger charge is 2.36. The van der Waals surface area contributed by atoms with Crippen molar-refractivity contribution in [3.63, 3.8) is 0 Å². The maximum Gasteiger partial charge on any atom is 0.294 e. The Morgan fingerprint density at radius 3 is 2.62 bits per heavy atom. The second-order valence-electron chi connectivity index (χ2n) is 6.21. The number of thioether (sulfide) groups is 1. The monoisotopic (exact) mass is 430 g/mol. The Balaban J connectivity index is 1.70. The molecule has 1 heterocycles. The van der Waals surface area contributed by atoms with Crippen molar-refractivity contribution in [3.05, 3.63) is 64.0 Å². The van der Waals surface area contributed by atoms with E-state index in [1.54, 1.807) is 30.3 Å². The van der Waals surface area contributed by atoms with Gasteiger partial charge >= 0.3 is 0 Å². The molecule has 2 aromatic carbocycles. The molecule has 6 nitrogen and oxygen atoms in total. The van der Waals surface area contributed by atoms with Crippen LogP contribution in [0.4, 0.5) is 10.5 Å². The minimum Gasteiger partial charge on any atom is -0.493 e. The number of ether oxygens (including phenoxy) is 1. The summed E-state index contributed by atoms with van der Waals surface area (Å²) >= 11 is 6.62. The Morgan fingerprint density at radius 2 is 1.90 bits per heavy atom. The summed E-state index contributed by atoms with van der Waals surface area (Å²) in [6.45, 7) is 2.19. The summed E-state index contributed by atoms with van der Waals surface area (Å²) in [5, 5.41) is 2.70. The van der Waals surface area contributed by atoms with Gasteiger partial charge < -0.3 is 10.1 Å². The fourth-order valence-electron chi connectivity index (χ4n) is 2.60. The fraction of sp³-hybridized carbons (Fsp3) is 0.190. The van der Waals surface area contributed by atoms with E-state index in [4.69, 9.17) is 16.3 Å². The molecule has 1 aliphatic rings. The molecule has 0 aromatic heterocycles. The van der Waals surface area contributed by atoms with Crippen LogP contribution in [0, 0.1) is 0 Å². The van der Waals surface area contributed by atoms with Crippen molar-refractivity contribution < 1.29 is 19.1 Å². The van der Waals surface area contributed by atoms with Crippen LogP contribution in [0.3, 0.4) is 0 Å². The molecule has 0 spiro atoms. The molecule has 2 aromatic rings. The molecule has 0 bridgehead atoms. The summed E-state index contributed by atoms with van der Waals surface area (Å²) in [4.78, 5) is 38.4. The zero-order valence-corrected chi connectivity index (χ0v) is 17.3. The quantitative estimate of drug-likeness (QED) is 0.638. The highest BCUT2D eigenvalue weighted by Crippen LogP contribution is 2.34. The summed E-state index contributed by atoms with van der Waals surface area (Å²) in [6.07, 6.45) is 2.47. The number of hydrogen-bond donors (Lipinski definition) is 1. The molecule has 29 heavy (non-hydrogen) atoms. The summed E-state index contributed by atoms with van der Waals surface area (Å²) < 4.78 is 5.69. The average Bonchev–Trinajstić information content (AvgIpc) is 2.96. The second-order valence-corrected chi connectivity index (χ2v) is 7.64. The van der Waals surface area contributed by atoms with Gasteiger partial charge in [0.25, 0.3) is 11.1 Å². The van der Waals surface area contributed by atoms with Crippen LogP contribution in [-0.4, -0.2) is 35.1 Å². The lowest BCUT2D eigenvalue weighted by atomic mass is 10.2. The van der Waals surface area contributed by atoms with Crippen molar-refractivity contribution in [3.8, 4) is 5.75 Å². The van der Waals surface area contributed by atoms with Gasteiger partial charge in [0.05, 0.1) is 11.5 Å². The molecule has 0 radical (unpaired) electrons. The number of carbonyl (C=O) groups excluding carboxylic acids is 3. The first-order chi connectivity index (χ1) is 14.0. The van der Waals surface area contributed by atoms with Crippen molar-refractivity contribution in [1.29, 1.82) is 0 Å². The number of para-hydroxylation sites is 1. The van der Waals surface area contributed by atoms with Crippen LogP contribution < -0.4 is 10.1 Å². The first-order valence-electron chi connectivity index (χ1n) is 9.00. The molecule has 8 heteroatoms. The molecule has 0 unspecified atom stereocenters. The highest BCUT2D eigenvalue weighted by molar-refractivity contribution is 8.18. The van der Waals surface area contributed by atoms with Gasteiger partial charge in [0, 0.05) is 16.3 Å². The molecular formula is C21H19ClN2O4S. The van der Waals surface area contributed by atoms with E-state index in [-0.39, 0.29) is 11.4 Å². The minimum absolute atomic E-state index is 0.252. The van der Waals surface area contributed by atoms with Gasteiger partial charge in [0.1, 0.15) is 12.3 Å². The van der Waals surface area contributed by atoms with Crippen LogP contribution >= 0.6 is 23.4 Å². The van der Waals surface area contributed by atoms with Gasteiger partial charge in [0.2, 0.25) is 5.91 Å². The van der Waals surface area contributed by atoms with Gasteiger partial charge in [-0.1, -0.05) is 36.7 Å². The van der Waals surface area contributed by atoms with E-state index >= 15 is 0 Å². The number of amides is 3. The third-order valence-corrected chi connectivity index (χ3v) is 5.13. The number of nitrogens with one attached hydrogen (secondary N) is 1. The molecule has 0 aliphatic carbocycles. The normalized spacial score (nSPS) is 15.1. The van der Waals surface area contributed by atoms with Crippen LogP contribution in [-0.2, 0) is 9.59 Å². The zero-order chi connectivity index (χ0) is 20.8. The smallest absolute Gasteiger partial charge is 0.294 e. The van der Waals surface area contributed by atoms with Crippen LogP contribution in [0.2, 0.25) is 5.02 Å². The maximum absolute atomic E-state index is 12.7. The van der Waals surface area contributed by atoms with Crippen LogP contribution in [0.15, 0.2) is 53.4 Å². The number of rotatable bonds is 7. The van der Waals surface area contributed by atoms with Gasteiger partial charge in [-0.05, 0) is 54.6 Å². The first kappa shape index (κ1) is 21.0. The molecule has 1 aliphatic heterocycles. The topological polar surface area (TPSA) is 75.7 Å². The molecule has 0 atom stereocenters. The van der Waals surface area contributed by atoms with Crippen molar-refractivity contribution in [2.45, 2.75) is 13.3 Å². The number of carbonyl (C=O) groups is 3. The molecule has 1 N–H and O–H groups in total. The Hall–Kier alpha value is -2.77. The second kappa shape index (κ2) is 9.62. The van der Waals surface area contributed by atoms with Gasteiger partial charge in [-0.25, -0.2) is 0 Å². The SMILES string of the molecule is CCCOc1ccccc1/C=C1/SC(=O)N(CC(=O)Nc2ccc(Cl)cc2)C1=O. The van der Waals surface area contributed by atoms with Gasteiger partial charge in [0.15, 0.2) is 0 Å². The van der Waals surface area contributed by atoms with E-state index < -0.39 is 17.1 Å². The van der Waals surface area contributed by atoms with E-state index in [1.165, 1.54) is 0 Å². The summed E-state index contributed by atoms with van der Waals surface area (Å²) in [5.41, 5.74) is 1.24. The number of imide groups is 1. The standard InChI is InChI=1S/C21H19ClN2O4S/c1-2-11-28-17-6-4-3-5-14(17)12-18-20(26)24(21(27)29-18)13-19(25)23-16-9-7-15(22)8-10-16/h3-10,12H,2,11,13H2,1H3,(H,23,25)/b18-12+. The predicted octanol–water partition coefficient (Wildman–Crippen LogP) is 4.80. The number of nitrogens with zero attached hydrogens (tertiary/aromatic N) is 1. The fourth-order valence-corrected chi connectivity index (χ4v) is 3.55. The van der Waals surface area contributed by atoms with E-state index in [1.807, 2.05) is 31.2 Å². The van der Waals surface area contributed by atoms with Crippen molar-refractivity contribution in [1.82, 2.24) is 4.90 Å². The van der Waals surface area contributed by atoms with Crippen LogP contribution in [0.1, 0.15) is 18.9 Å². The van der Waals surface area contributed by atoms with Crippen LogP contribution in [0.5, 0.6) is 5.75 Å². The molecule has 150 valence electrons. The van der Waals surface area contributed by atoms with E-state index in [0.29, 0.717) is 28.6 Å². The highest BCUT2D eigenvalue weighted by atomic mass is 35.5. The Morgan fingerprint density at radius 1 is 1.17 bits per heavy atom. The summed E-state index contributed by atoms with van der Waals surface area (Å²) in [6, 6.07) is 13.8. The van der Waals surface area contributed by atoms with Crippen molar-refractivity contribution in [2.24, 2.45) is 0 Å². The van der Waals surface area contributed by atoms with Crippen LogP contribution in [0.25, 0.3) is 6.08 Å². The maximum atomic E-state index is 12.7. The Kier molecular flexibility index (Phi) is 6.95. The zero-order valence-electron chi connectivity index (χ0n) is 15.7. The number of anilines is 1.